The van der Waals surface area contributed by atoms with Crippen molar-refractivity contribution in [1.82, 2.24) is 0 Å². The zero-order chi connectivity index (χ0) is 18.7. The first-order valence-electron chi connectivity index (χ1n) is 9.80. The first-order chi connectivity index (χ1) is 12.3. The van der Waals surface area contributed by atoms with E-state index in [2.05, 4.69) is 74.5 Å². The van der Waals surface area contributed by atoms with Crippen LogP contribution in [0.3, 0.4) is 0 Å². The molecule has 0 spiro atoms. The van der Waals surface area contributed by atoms with E-state index in [1.165, 1.54) is 33.4 Å². The van der Waals surface area contributed by atoms with Crippen LogP contribution in [0.1, 0.15) is 70.2 Å². The van der Waals surface area contributed by atoms with E-state index < -0.39 is 0 Å². The SMILES string of the molecule is C/C=C1/CCc2ccccc2Cc2ccccc2/C1=C/C.CC.CC. The van der Waals surface area contributed by atoms with Gasteiger partial charge in [0.05, 0.1) is 0 Å². The fraction of sp³-hybridized carbons (Fsp3) is 0.360. The van der Waals surface area contributed by atoms with Crippen LogP contribution in [0.25, 0.3) is 5.57 Å². The molecule has 0 bridgehead atoms. The molecule has 0 N–H and O–H groups in total. The van der Waals surface area contributed by atoms with Crippen LogP contribution < -0.4 is 0 Å². The maximum atomic E-state index is 2.28. The third-order valence-corrected chi connectivity index (χ3v) is 4.45. The minimum absolute atomic E-state index is 1.03. The van der Waals surface area contributed by atoms with Gasteiger partial charge in [-0.1, -0.05) is 88.4 Å². The van der Waals surface area contributed by atoms with Gasteiger partial charge in [0.1, 0.15) is 0 Å². The standard InChI is InChI=1S/C21H22.2C2H6/c1-3-16-13-14-17-9-5-6-10-18(17)15-19-11-7-8-12-21(19)20(16)4-2;2*1-2/h3-12H,13-15H2,1-2H3;2*1-2H3/b16-3-,20-4+;;. The summed E-state index contributed by atoms with van der Waals surface area (Å²) in [6, 6.07) is 17.7. The zero-order valence-electron chi connectivity index (χ0n) is 16.9. The summed E-state index contributed by atoms with van der Waals surface area (Å²) in [5.41, 5.74) is 8.65. The number of hydrogen-bond acceptors (Lipinski definition) is 0. The van der Waals surface area contributed by atoms with Crippen LogP contribution in [0, 0.1) is 0 Å². The Hall–Kier alpha value is -2.08. The summed E-state index contributed by atoms with van der Waals surface area (Å²) >= 11 is 0. The monoisotopic (exact) mass is 334 g/mol. The molecule has 0 heteroatoms. The van der Waals surface area contributed by atoms with Gasteiger partial charge in [-0.3, -0.25) is 0 Å². The van der Waals surface area contributed by atoms with E-state index in [1.807, 2.05) is 27.7 Å². The third-order valence-electron chi connectivity index (χ3n) is 4.45. The lowest BCUT2D eigenvalue weighted by Crippen LogP contribution is -1.96. The molecule has 0 saturated heterocycles. The molecule has 0 fully saturated rings. The number of benzene rings is 2. The maximum Gasteiger partial charge on any atom is -0.00169 e. The van der Waals surface area contributed by atoms with Gasteiger partial charge in [-0.2, -0.15) is 0 Å². The smallest absolute Gasteiger partial charge is 0.00169 e. The largest absolute Gasteiger partial charge is 0.0838 e. The van der Waals surface area contributed by atoms with Gasteiger partial charge in [0.15, 0.2) is 0 Å². The summed E-state index contributed by atoms with van der Waals surface area (Å²) in [7, 11) is 0. The van der Waals surface area contributed by atoms with E-state index in [0.717, 1.165) is 19.3 Å². The molecule has 0 amide bonds. The molecule has 0 aliphatic heterocycles. The van der Waals surface area contributed by atoms with Crippen molar-refractivity contribution in [3.05, 3.63) is 88.5 Å². The molecule has 0 saturated carbocycles. The molecule has 0 unspecified atom stereocenters. The summed E-state index contributed by atoms with van der Waals surface area (Å²) < 4.78 is 0. The van der Waals surface area contributed by atoms with Crippen molar-refractivity contribution in [2.75, 3.05) is 0 Å². The highest BCUT2D eigenvalue weighted by atomic mass is 14.2. The van der Waals surface area contributed by atoms with Gasteiger partial charge < -0.3 is 0 Å². The fourth-order valence-corrected chi connectivity index (χ4v) is 3.33. The van der Waals surface area contributed by atoms with E-state index in [-0.39, 0.29) is 0 Å². The van der Waals surface area contributed by atoms with E-state index in [1.54, 1.807) is 0 Å². The highest BCUT2D eigenvalue weighted by Crippen LogP contribution is 2.33. The van der Waals surface area contributed by atoms with Crippen molar-refractivity contribution in [1.29, 1.82) is 0 Å². The van der Waals surface area contributed by atoms with Gasteiger partial charge in [-0.05, 0) is 66.5 Å². The normalized spacial score (nSPS) is 16.1. The summed E-state index contributed by atoms with van der Waals surface area (Å²) in [6.07, 6.45) is 7.81. The first kappa shape index (κ1) is 21.0. The molecule has 3 rings (SSSR count). The van der Waals surface area contributed by atoms with Crippen molar-refractivity contribution < 1.29 is 0 Å². The van der Waals surface area contributed by atoms with Crippen LogP contribution in [-0.4, -0.2) is 0 Å². The van der Waals surface area contributed by atoms with Gasteiger partial charge in [0.25, 0.3) is 0 Å². The molecule has 0 heterocycles. The number of hydrogen-bond donors (Lipinski definition) is 0. The number of aryl methyl sites for hydroxylation is 1. The molecule has 1 aliphatic rings. The van der Waals surface area contributed by atoms with Gasteiger partial charge in [0, 0.05) is 0 Å². The number of fused-ring (bicyclic) bond motifs is 2. The predicted molar refractivity (Wildman–Crippen MR) is 114 cm³/mol. The second kappa shape index (κ2) is 11.5. The molecule has 0 nitrogen and oxygen atoms in total. The van der Waals surface area contributed by atoms with Crippen LogP contribution in [0.4, 0.5) is 0 Å². The zero-order valence-corrected chi connectivity index (χ0v) is 16.9. The van der Waals surface area contributed by atoms with Crippen LogP contribution in [-0.2, 0) is 12.8 Å². The van der Waals surface area contributed by atoms with Crippen LogP contribution in [0.15, 0.2) is 66.3 Å². The molecule has 0 aromatic heterocycles. The Morgan fingerprint density at radius 2 is 1.20 bits per heavy atom. The van der Waals surface area contributed by atoms with Crippen molar-refractivity contribution >= 4 is 5.57 Å². The third kappa shape index (κ3) is 5.19. The van der Waals surface area contributed by atoms with E-state index in [0.29, 0.717) is 0 Å². The Balaban J connectivity index is 0.000000730. The summed E-state index contributed by atoms with van der Waals surface area (Å²) in [5.74, 6) is 0. The second-order valence-electron chi connectivity index (χ2n) is 5.62. The Bertz CT molecular complexity index is 701. The molecule has 2 aromatic carbocycles. The van der Waals surface area contributed by atoms with Crippen LogP contribution >= 0.6 is 0 Å². The fourth-order valence-electron chi connectivity index (χ4n) is 3.33. The lowest BCUT2D eigenvalue weighted by atomic mass is 9.91. The predicted octanol–water partition coefficient (Wildman–Crippen LogP) is 7.63. The van der Waals surface area contributed by atoms with E-state index >= 15 is 0 Å². The average molecular weight is 335 g/mol. The lowest BCUT2D eigenvalue weighted by Gasteiger charge is -2.14. The quantitative estimate of drug-likeness (QED) is 0.464. The summed E-state index contributed by atoms with van der Waals surface area (Å²) in [4.78, 5) is 0. The molecule has 134 valence electrons. The van der Waals surface area contributed by atoms with Crippen molar-refractivity contribution in [2.24, 2.45) is 0 Å². The van der Waals surface area contributed by atoms with Crippen molar-refractivity contribution in [3.63, 3.8) is 0 Å². The molecule has 0 atom stereocenters. The number of allylic oxidation sites excluding steroid dienone is 4. The van der Waals surface area contributed by atoms with Gasteiger partial charge in [-0.15, -0.1) is 0 Å². The molecule has 0 radical (unpaired) electrons. The first-order valence-corrected chi connectivity index (χ1v) is 9.80. The Kier molecular flexibility index (Phi) is 9.62. The highest BCUT2D eigenvalue weighted by molar-refractivity contribution is 5.81. The van der Waals surface area contributed by atoms with E-state index in [9.17, 15) is 0 Å². The highest BCUT2D eigenvalue weighted by Gasteiger charge is 2.15. The van der Waals surface area contributed by atoms with E-state index in [4.69, 9.17) is 0 Å². The Morgan fingerprint density at radius 3 is 1.80 bits per heavy atom. The van der Waals surface area contributed by atoms with Gasteiger partial charge >= 0.3 is 0 Å². The molecular formula is C25H34. The average Bonchev–Trinajstić information content (AvgIpc) is 2.76. The maximum absolute atomic E-state index is 2.28. The van der Waals surface area contributed by atoms with Crippen molar-refractivity contribution in [2.45, 2.75) is 60.8 Å². The van der Waals surface area contributed by atoms with Crippen molar-refractivity contribution in [3.8, 4) is 0 Å². The Labute approximate surface area is 155 Å². The summed E-state index contributed by atoms with van der Waals surface area (Å²) in [6.45, 7) is 12.3. The van der Waals surface area contributed by atoms with Crippen LogP contribution in [0.2, 0.25) is 0 Å². The second-order valence-corrected chi connectivity index (χ2v) is 5.62. The van der Waals surface area contributed by atoms with Gasteiger partial charge in [-0.25, -0.2) is 0 Å². The molecule has 25 heavy (non-hydrogen) atoms. The van der Waals surface area contributed by atoms with Gasteiger partial charge in [0.2, 0.25) is 0 Å². The minimum Gasteiger partial charge on any atom is -0.0838 e. The molecular weight excluding hydrogens is 300 g/mol. The molecule has 1 aliphatic carbocycles. The topological polar surface area (TPSA) is 0 Å². The molecule has 2 aromatic rings. The lowest BCUT2D eigenvalue weighted by molar-refractivity contribution is 0.951. The minimum atomic E-state index is 1.03. The number of rotatable bonds is 0. The van der Waals surface area contributed by atoms with Crippen LogP contribution in [0.5, 0.6) is 0 Å². The summed E-state index contributed by atoms with van der Waals surface area (Å²) in [5, 5.41) is 0. The Morgan fingerprint density at radius 1 is 0.640 bits per heavy atom.